The van der Waals surface area contributed by atoms with Crippen LogP contribution in [0.5, 0.6) is 0 Å². The molecule has 9 nitrogen and oxygen atoms in total. The van der Waals surface area contributed by atoms with Gasteiger partial charge in [0.2, 0.25) is 17.6 Å². The van der Waals surface area contributed by atoms with Crippen LogP contribution in [-0.2, 0) is 19.2 Å². The lowest BCUT2D eigenvalue weighted by atomic mass is 9.83. The van der Waals surface area contributed by atoms with Crippen LogP contribution in [0.2, 0.25) is 5.02 Å². The van der Waals surface area contributed by atoms with E-state index in [0.29, 0.717) is 16.3 Å². The van der Waals surface area contributed by atoms with Gasteiger partial charge in [-0.15, -0.1) is 0 Å². The minimum absolute atomic E-state index is 0.134. The monoisotopic (exact) mass is 505 g/mol. The third-order valence-corrected chi connectivity index (χ3v) is 6.14. The van der Waals surface area contributed by atoms with Crippen molar-refractivity contribution in [2.75, 3.05) is 5.32 Å². The maximum atomic E-state index is 13.5. The quantitative estimate of drug-likeness (QED) is 0.256. The lowest BCUT2D eigenvalue weighted by Crippen LogP contribution is -2.56. The Morgan fingerprint density at radius 1 is 0.917 bits per heavy atom. The Morgan fingerprint density at radius 3 is 2.25 bits per heavy atom. The van der Waals surface area contributed by atoms with E-state index in [4.69, 9.17) is 11.6 Å². The van der Waals surface area contributed by atoms with E-state index in [2.05, 4.69) is 5.32 Å². The second kappa shape index (κ2) is 10.1. The first-order valence-electron chi connectivity index (χ1n) is 10.9. The van der Waals surface area contributed by atoms with E-state index in [1.165, 1.54) is 18.2 Å². The lowest BCUT2D eigenvalue weighted by Gasteiger charge is -2.24. The molecular formula is C26H20ClN3O6. The number of hydrogen-bond donors (Lipinski definition) is 3. The van der Waals surface area contributed by atoms with Gasteiger partial charge in [0.25, 0.3) is 5.91 Å². The summed E-state index contributed by atoms with van der Waals surface area (Å²) in [5.74, 6) is -8.04. The standard InChI is InChI=1S/C26H20ClN3O6/c1-13-10-17(27)8-9-20(13)28-25(35)22(32)18(12-19-23(33)29-26(36)30-24(19)34)21(31)16-7-6-14-4-2-3-5-15(14)11-16/h2-11,18-19H,12H2,1H3,(H,28,35)(H2,29,30,33,34,36)/t18-/m1/s1. The van der Waals surface area contributed by atoms with E-state index in [1.54, 1.807) is 37.3 Å². The Bertz CT molecular complexity index is 1430. The van der Waals surface area contributed by atoms with Crippen molar-refractivity contribution in [3.05, 3.63) is 76.8 Å². The average Bonchev–Trinajstić information content (AvgIpc) is 2.84. The maximum Gasteiger partial charge on any atom is 0.328 e. The zero-order valence-electron chi connectivity index (χ0n) is 19.0. The number of amides is 5. The zero-order valence-corrected chi connectivity index (χ0v) is 19.7. The lowest BCUT2D eigenvalue weighted by molar-refractivity contribution is -0.139. The Balaban J connectivity index is 1.66. The molecule has 3 aromatic carbocycles. The fourth-order valence-electron chi connectivity index (χ4n) is 3.98. The maximum absolute atomic E-state index is 13.5. The number of halogens is 1. The van der Waals surface area contributed by atoms with Gasteiger partial charge in [-0.1, -0.05) is 48.0 Å². The van der Waals surface area contributed by atoms with Crippen LogP contribution in [0.15, 0.2) is 60.7 Å². The highest BCUT2D eigenvalue weighted by Crippen LogP contribution is 2.25. The largest absolute Gasteiger partial charge is 0.328 e. The van der Waals surface area contributed by atoms with Crippen molar-refractivity contribution in [3.8, 4) is 0 Å². The van der Waals surface area contributed by atoms with Gasteiger partial charge >= 0.3 is 6.03 Å². The Hall–Kier alpha value is -4.37. The smallest absolute Gasteiger partial charge is 0.319 e. The van der Waals surface area contributed by atoms with E-state index in [9.17, 15) is 28.8 Å². The highest BCUT2D eigenvalue weighted by atomic mass is 35.5. The van der Waals surface area contributed by atoms with E-state index in [-0.39, 0.29) is 5.56 Å². The van der Waals surface area contributed by atoms with E-state index in [1.807, 2.05) is 22.8 Å². The van der Waals surface area contributed by atoms with Crippen molar-refractivity contribution in [3.63, 3.8) is 0 Å². The Labute approximate surface area is 210 Å². The number of carbonyl (C=O) groups is 6. The number of urea groups is 1. The van der Waals surface area contributed by atoms with Gasteiger partial charge in [0, 0.05) is 16.3 Å². The summed E-state index contributed by atoms with van der Waals surface area (Å²) in [7, 11) is 0. The van der Waals surface area contributed by atoms with Crippen molar-refractivity contribution in [1.82, 2.24) is 10.6 Å². The summed E-state index contributed by atoms with van der Waals surface area (Å²) in [4.78, 5) is 75.7. The molecule has 1 aliphatic rings. The van der Waals surface area contributed by atoms with E-state index >= 15 is 0 Å². The van der Waals surface area contributed by atoms with Crippen LogP contribution in [-0.4, -0.2) is 35.3 Å². The molecule has 3 aromatic rings. The Morgan fingerprint density at radius 2 is 1.58 bits per heavy atom. The van der Waals surface area contributed by atoms with Crippen molar-refractivity contribution < 1.29 is 28.8 Å². The molecule has 4 rings (SSSR count). The molecule has 1 atom stereocenters. The molecule has 0 unspecified atom stereocenters. The van der Waals surface area contributed by atoms with Gasteiger partial charge in [-0.3, -0.25) is 34.6 Å². The van der Waals surface area contributed by atoms with Gasteiger partial charge in [0.1, 0.15) is 5.92 Å². The van der Waals surface area contributed by atoms with Gasteiger partial charge in [0.05, 0.1) is 5.92 Å². The third kappa shape index (κ3) is 5.16. The molecule has 0 saturated carbocycles. The number of ketones is 2. The number of benzene rings is 3. The number of hydrogen-bond acceptors (Lipinski definition) is 6. The van der Waals surface area contributed by atoms with Gasteiger partial charge in [-0.25, -0.2) is 4.79 Å². The first-order chi connectivity index (χ1) is 17.1. The minimum atomic E-state index is -1.66. The summed E-state index contributed by atoms with van der Waals surface area (Å²) in [6.07, 6.45) is -0.595. The molecule has 0 aliphatic carbocycles. The van der Waals surface area contributed by atoms with Gasteiger partial charge in [-0.05, 0) is 53.9 Å². The molecule has 0 bridgehead atoms. The number of carbonyl (C=O) groups excluding carboxylic acids is 6. The van der Waals surface area contributed by atoms with Crippen molar-refractivity contribution in [2.45, 2.75) is 13.3 Å². The highest BCUT2D eigenvalue weighted by Gasteiger charge is 2.42. The van der Waals surface area contributed by atoms with Crippen LogP contribution >= 0.6 is 11.6 Å². The average molecular weight is 506 g/mol. The minimum Gasteiger partial charge on any atom is -0.319 e. The topological polar surface area (TPSA) is 139 Å². The number of rotatable bonds is 7. The number of imide groups is 2. The molecule has 1 fully saturated rings. The number of nitrogens with one attached hydrogen (secondary N) is 3. The molecule has 3 N–H and O–H groups in total. The predicted molar refractivity (Wildman–Crippen MR) is 131 cm³/mol. The first-order valence-corrected chi connectivity index (χ1v) is 11.3. The number of anilines is 1. The summed E-state index contributed by atoms with van der Waals surface area (Å²) in [6, 6.07) is 15.7. The second-order valence-corrected chi connectivity index (χ2v) is 8.79. The Kier molecular flexibility index (Phi) is 6.93. The normalized spacial score (nSPS) is 14.7. The molecule has 36 heavy (non-hydrogen) atoms. The molecule has 0 spiro atoms. The summed E-state index contributed by atoms with van der Waals surface area (Å²) in [5, 5.41) is 8.38. The summed E-state index contributed by atoms with van der Waals surface area (Å²) in [6.45, 7) is 1.68. The SMILES string of the molecule is Cc1cc(Cl)ccc1NC(=O)C(=O)[C@H](CC1C(=O)NC(=O)NC1=O)C(=O)c1ccc2ccccc2c1. The van der Waals surface area contributed by atoms with E-state index < -0.39 is 53.6 Å². The third-order valence-electron chi connectivity index (χ3n) is 5.91. The van der Waals surface area contributed by atoms with Crippen LogP contribution in [0.25, 0.3) is 10.8 Å². The highest BCUT2D eigenvalue weighted by molar-refractivity contribution is 6.45. The molecule has 0 radical (unpaired) electrons. The van der Waals surface area contributed by atoms with Gasteiger partial charge in [-0.2, -0.15) is 0 Å². The summed E-state index contributed by atoms with van der Waals surface area (Å²) >= 11 is 5.94. The molecule has 1 aliphatic heterocycles. The molecule has 1 saturated heterocycles. The molecule has 1 heterocycles. The van der Waals surface area contributed by atoms with Crippen LogP contribution in [0.1, 0.15) is 22.3 Å². The molecular weight excluding hydrogens is 486 g/mol. The fourth-order valence-corrected chi connectivity index (χ4v) is 4.21. The predicted octanol–water partition coefficient (Wildman–Crippen LogP) is 3.18. The van der Waals surface area contributed by atoms with E-state index in [0.717, 1.165) is 10.8 Å². The van der Waals surface area contributed by atoms with Crippen LogP contribution < -0.4 is 16.0 Å². The molecule has 10 heteroatoms. The van der Waals surface area contributed by atoms with Gasteiger partial charge < -0.3 is 5.32 Å². The molecule has 0 aromatic heterocycles. The number of fused-ring (bicyclic) bond motifs is 1. The van der Waals surface area contributed by atoms with Gasteiger partial charge in [0.15, 0.2) is 5.78 Å². The summed E-state index contributed by atoms with van der Waals surface area (Å²) < 4.78 is 0. The van der Waals surface area contributed by atoms with Crippen LogP contribution in [0.3, 0.4) is 0 Å². The van der Waals surface area contributed by atoms with Crippen molar-refractivity contribution in [1.29, 1.82) is 0 Å². The number of aryl methyl sites for hydroxylation is 1. The number of barbiturate groups is 1. The summed E-state index contributed by atoms with van der Waals surface area (Å²) in [5.41, 5.74) is 1.04. The van der Waals surface area contributed by atoms with Crippen LogP contribution in [0, 0.1) is 18.8 Å². The fraction of sp³-hybridized carbons (Fsp3) is 0.154. The molecule has 5 amide bonds. The first kappa shape index (κ1) is 24.7. The second-order valence-electron chi connectivity index (χ2n) is 8.35. The molecule has 182 valence electrons. The van der Waals surface area contributed by atoms with Crippen molar-refractivity contribution >= 4 is 63.4 Å². The van der Waals surface area contributed by atoms with Crippen molar-refractivity contribution in [2.24, 2.45) is 11.8 Å². The number of Topliss-reactive ketones (excluding diaryl/α,β-unsaturated/α-hetero) is 2. The zero-order chi connectivity index (χ0) is 26.0. The van der Waals surface area contributed by atoms with Crippen LogP contribution in [0.4, 0.5) is 10.5 Å².